The molecule has 0 unspecified atom stereocenters. The maximum absolute atomic E-state index is 14.2. The van der Waals surface area contributed by atoms with Crippen molar-refractivity contribution in [2.75, 3.05) is 30.0 Å². The zero-order chi connectivity index (χ0) is 15.4. The van der Waals surface area contributed by atoms with Crippen molar-refractivity contribution in [2.45, 2.75) is 12.8 Å². The maximum atomic E-state index is 14.2. The van der Waals surface area contributed by atoms with Crippen LogP contribution >= 0.6 is 11.6 Å². The van der Waals surface area contributed by atoms with E-state index in [2.05, 4.69) is 12.1 Å². The molecule has 0 radical (unpaired) electrons. The second-order valence-electron chi connectivity index (χ2n) is 5.04. The largest absolute Gasteiger partial charge is 0.397 e. The molecular formula is C16H19ClFN3. The predicted molar refractivity (Wildman–Crippen MR) is 88.3 cm³/mol. The van der Waals surface area contributed by atoms with Crippen LogP contribution in [0.3, 0.4) is 0 Å². The summed E-state index contributed by atoms with van der Waals surface area (Å²) in [6, 6.07) is 11.7. The van der Waals surface area contributed by atoms with Crippen LogP contribution in [0.4, 0.5) is 21.5 Å². The van der Waals surface area contributed by atoms with E-state index in [0.29, 0.717) is 17.9 Å². The smallest absolute Gasteiger partial charge is 0.169 e. The fourth-order valence-electron chi connectivity index (χ4n) is 2.32. The topological polar surface area (TPSA) is 55.3 Å². The van der Waals surface area contributed by atoms with Crippen LogP contribution in [0.25, 0.3) is 0 Å². The number of aryl methyl sites for hydroxylation is 1. The molecule has 5 heteroatoms. The highest BCUT2D eigenvalue weighted by molar-refractivity contribution is 6.33. The summed E-state index contributed by atoms with van der Waals surface area (Å²) in [7, 11) is 1.80. The number of halogens is 2. The first-order chi connectivity index (χ1) is 10.0. The molecule has 0 amide bonds. The molecule has 0 saturated heterocycles. The minimum atomic E-state index is -0.559. The molecular weight excluding hydrogens is 289 g/mol. The predicted octanol–water partition coefficient (Wildman–Crippen LogP) is 3.71. The van der Waals surface area contributed by atoms with Crippen LogP contribution < -0.4 is 16.4 Å². The van der Waals surface area contributed by atoms with Crippen LogP contribution in [0, 0.1) is 5.82 Å². The summed E-state index contributed by atoms with van der Waals surface area (Å²) in [5.41, 5.74) is 13.5. The minimum absolute atomic E-state index is 0.0749. The molecule has 0 atom stereocenters. The fourth-order valence-corrected chi connectivity index (χ4v) is 2.47. The summed E-state index contributed by atoms with van der Waals surface area (Å²) >= 11 is 5.85. The molecule has 0 bridgehead atoms. The number of hydrogen-bond acceptors (Lipinski definition) is 3. The zero-order valence-corrected chi connectivity index (χ0v) is 12.7. The molecule has 0 aliphatic carbocycles. The van der Waals surface area contributed by atoms with E-state index in [1.54, 1.807) is 11.9 Å². The summed E-state index contributed by atoms with van der Waals surface area (Å²) in [5.74, 6) is -0.559. The number of benzene rings is 2. The van der Waals surface area contributed by atoms with Crippen molar-refractivity contribution >= 4 is 28.7 Å². The van der Waals surface area contributed by atoms with Crippen LogP contribution in [0.1, 0.15) is 12.0 Å². The first-order valence-electron chi connectivity index (χ1n) is 6.78. The fraction of sp³-hybridized carbons (Fsp3) is 0.250. The van der Waals surface area contributed by atoms with Gasteiger partial charge in [-0.15, -0.1) is 0 Å². The van der Waals surface area contributed by atoms with Crippen LogP contribution in [0.5, 0.6) is 0 Å². The van der Waals surface area contributed by atoms with Crippen molar-refractivity contribution in [1.29, 1.82) is 0 Å². The molecule has 112 valence electrons. The van der Waals surface area contributed by atoms with E-state index in [0.717, 1.165) is 12.8 Å². The van der Waals surface area contributed by atoms with Gasteiger partial charge in [-0.1, -0.05) is 41.9 Å². The van der Waals surface area contributed by atoms with Gasteiger partial charge in [-0.3, -0.25) is 0 Å². The summed E-state index contributed by atoms with van der Waals surface area (Å²) in [6.45, 7) is 0.677. The average molecular weight is 308 g/mol. The highest BCUT2D eigenvalue weighted by Gasteiger charge is 2.17. The second kappa shape index (κ2) is 6.68. The second-order valence-corrected chi connectivity index (χ2v) is 5.42. The number of nitrogens with two attached hydrogens (primary N) is 2. The SMILES string of the molecule is CN(CCCc1ccccc1)c1c(N)cc(N)c(Cl)c1F. The lowest BCUT2D eigenvalue weighted by atomic mass is 10.1. The Morgan fingerprint density at radius 1 is 1.14 bits per heavy atom. The molecule has 2 rings (SSSR count). The number of hydrogen-bond donors (Lipinski definition) is 2. The Morgan fingerprint density at radius 3 is 2.48 bits per heavy atom. The number of nitrogen functional groups attached to an aromatic ring is 2. The first kappa shape index (κ1) is 15.4. The highest BCUT2D eigenvalue weighted by Crippen LogP contribution is 2.35. The molecule has 0 aliphatic rings. The molecule has 0 aromatic heterocycles. The Balaban J connectivity index is 2.04. The Labute approximate surface area is 129 Å². The molecule has 2 aromatic rings. The van der Waals surface area contributed by atoms with Crippen LogP contribution in [-0.4, -0.2) is 13.6 Å². The number of nitrogens with zero attached hydrogens (tertiary/aromatic N) is 1. The summed E-state index contributed by atoms with van der Waals surface area (Å²) in [5, 5.41) is -0.0749. The molecule has 0 heterocycles. The Hall–Kier alpha value is -1.94. The van der Waals surface area contributed by atoms with Crippen molar-refractivity contribution in [2.24, 2.45) is 0 Å². The maximum Gasteiger partial charge on any atom is 0.169 e. The first-order valence-corrected chi connectivity index (χ1v) is 7.16. The van der Waals surface area contributed by atoms with Crippen LogP contribution in [0.2, 0.25) is 5.02 Å². The van der Waals surface area contributed by atoms with E-state index in [-0.39, 0.29) is 10.7 Å². The third-order valence-electron chi connectivity index (χ3n) is 3.42. The number of anilines is 3. The summed E-state index contributed by atoms with van der Waals surface area (Å²) < 4.78 is 14.2. The average Bonchev–Trinajstić information content (AvgIpc) is 2.46. The van der Waals surface area contributed by atoms with Crippen molar-refractivity contribution in [3.05, 3.63) is 52.8 Å². The van der Waals surface area contributed by atoms with Gasteiger partial charge in [-0.25, -0.2) is 4.39 Å². The quantitative estimate of drug-likeness (QED) is 0.828. The summed E-state index contributed by atoms with van der Waals surface area (Å²) in [6.07, 6.45) is 1.82. The van der Waals surface area contributed by atoms with E-state index in [9.17, 15) is 4.39 Å². The monoisotopic (exact) mass is 307 g/mol. The van der Waals surface area contributed by atoms with Gasteiger partial charge in [0, 0.05) is 13.6 Å². The van der Waals surface area contributed by atoms with Crippen molar-refractivity contribution < 1.29 is 4.39 Å². The van der Waals surface area contributed by atoms with Crippen LogP contribution in [0.15, 0.2) is 36.4 Å². The third-order valence-corrected chi connectivity index (χ3v) is 3.81. The molecule has 0 saturated carbocycles. The van der Waals surface area contributed by atoms with Crippen LogP contribution in [-0.2, 0) is 6.42 Å². The minimum Gasteiger partial charge on any atom is -0.397 e. The van der Waals surface area contributed by atoms with Crippen molar-refractivity contribution in [3.8, 4) is 0 Å². The molecule has 0 spiro atoms. The molecule has 0 aliphatic heterocycles. The lowest BCUT2D eigenvalue weighted by molar-refractivity contribution is 0.622. The van der Waals surface area contributed by atoms with Crippen molar-refractivity contribution in [3.63, 3.8) is 0 Å². The lowest BCUT2D eigenvalue weighted by Crippen LogP contribution is -2.22. The van der Waals surface area contributed by atoms with Gasteiger partial charge in [0.15, 0.2) is 5.82 Å². The van der Waals surface area contributed by atoms with Gasteiger partial charge in [0.25, 0.3) is 0 Å². The van der Waals surface area contributed by atoms with E-state index >= 15 is 0 Å². The Bertz CT molecular complexity index is 617. The van der Waals surface area contributed by atoms with E-state index in [1.807, 2.05) is 18.2 Å². The lowest BCUT2D eigenvalue weighted by Gasteiger charge is -2.22. The molecule has 4 N–H and O–H groups in total. The van der Waals surface area contributed by atoms with Gasteiger partial charge < -0.3 is 16.4 Å². The molecule has 0 fully saturated rings. The van der Waals surface area contributed by atoms with Gasteiger partial charge in [0.1, 0.15) is 5.02 Å². The van der Waals surface area contributed by atoms with Gasteiger partial charge in [0.2, 0.25) is 0 Å². The molecule has 2 aromatic carbocycles. The molecule has 21 heavy (non-hydrogen) atoms. The third kappa shape index (κ3) is 3.58. The Morgan fingerprint density at radius 2 is 1.81 bits per heavy atom. The van der Waals surface area contributed by atoms with Gasteiger partial charge in [0.05, 0.1) is 17.1 Å². The number of rotatable bonds is 5. The normalized spacial score (nSPS) is 10.6. The van der Waals surface area contributed by atoms with Crippen molar-refractivity contribution in [1.82, 2.24) is 0 Å². The molecule has 3 nitrogen and oxygen atoms in total. The van der Waals surface area contributed by atoms with Gasteiger partial charge in [-0.05, 0) is 24.5 Å². The van der Waals surface area contributed by atoms with E-state index in [1.165, 1.54) is 11.6 Å². The van der Waals surface area contributed by atoms with E-state index in [4.69, 9.17) is 23.1 Å². The zero-order valence-electron chi connectivity index (χ0n) is 11.9. The van der Waals surface area contributed by atoms with Gasteiger partial charge >= 0.3 is 0 Å². The Kier molecular flexibility index (Phi) is 4.91. The standard InChI is InChI=1S/C16H19ClFN3/c1-21(9-5-8-11-6-3-2-4-7-11)16-13(20)10-12(19)14(17)15(16)18/h2-4,6-7,10H,5,8-9,19-20H2,1H3. The summed E-state index contributed by atoms with van der Waals surface area (Å²) in [4.78, 5) is 1.78. The van der Waals surface area contributed by atoms with E-state index < -0.39 is 5.82 Å². The van der Waals surface area contributed by atoms with Gasteiger partial charge in [-0.2, -0.15) is 0 Å². The highest BCUT2D eigenvalue weighted by atomic mass is 35.5.